The molecule has 104 valence electrons. The van der Waals surface area contributed by atoms with Crippen molar-refractivity contribution in [2.45, 2.75) is 45.6 Å². The molecule has 2 fully saturated rings. The van der Waals surface area contributed by atoms with Gasteiger partial charge in [-0.1, -0.05) is 20.8 Å². The van der Waals surface area contributed by atoms with E-state index < -0.39 is 11.5 Å². The predicted octanol–water partition coefficient (Wildman–Crippen LogP) is 1.99. The molecule has 1 saturated heterocycles. The maximum atomic E-state index is 11.9. The van der Waals surface area contributed by atoms with Gasteiger partial charge < -0.3 is 9.84 Å². The molecule has 2 unspecified atom stereocenters. The van der Waals surface area contributed by atoms with E-state index in [1.165, 1.54) is 0 Å². The van der Waals surface area contributed by atoms with E-state index in [0.717, 1.165) is 32.4 Å². The van der Waals surface area contributed by atoms with Crippen molar-refractivity contribution in [3.63, 3.8) is 0 Å². The number of ether oxygens (including phenoxy) is 1. The summed E-state index contributed by atoms with van der Waals surface area (Å²) in [6, 6.07) is 0. The molecule has 4 nitrogen and oxygen atoms in total. The zero-order valence-electron chi connectivity index (χ0n) is 11.7. The van der Waals surface area contributed by atoms with E-state index in [1.54, 1.807) is 0 Å². The number of carboxylic acids is 1. The van der Waals surface area contributed by atoms with Gasteiger partial charge in [-0.05, 0) is 30.6 Å². The third-order valence-electron chi connectivity index (χ3n) is 4.37. The lowest BCUT2D eigenvalue weighted by Gasteiger charge is -2.51. The zero-order chi connectivity index (χ0) is 13.4. The van der Waals surface area contributed by atoms with Gasteiger partial charge in [0.1, 0.15) is 5.54 Å². The van der Waals surface area contributed by atoms with E-state index in [-0.39, 0.29) is 5.41 Å². The second-order valence-electron chi connectivity index (χ2n) is 6.79. The Kier molecular flexibility index (Phi) is 3.70. The second kappa shape index (κ2) is 4.82. The Morgan fingerprint density at radius 2 is 1.89 bits per heavy atom. The van der Waals surface area contributed by atoms with Crippen LogP contribution in [0, 0.1) is 11.3 Å². The van der Waals surface area contributed by atoms with Crippen LogP contribution in [-0.4, -0.2) is 47.8 Å². The Labute approximate surface area is 109 Å². The molecule has 1 saturated carbocycles. The fraction of sp³-hybridized carbons (Fsp3) is 0.929. The Balaban J connectivity index is 2.27. The Bertz CT molecular complexity index is 323. The van der Waals surface area contributed by atoms with E-state index >= 15 is 0 Å². The van der Waals surface area contributed by atoms with E-state index in [4.69, 9.17) is 4.74 Å². The van der Waals surface area contributed by atoms with Crippen LogP contribution in [0.2, 0.25) is 0 Å². The molecule has 0 aromatic carbocycles. The minimum Gasteiger partial charge on any atom is -0.480 e. The standard InChI is InChI=1S/C14H25NO3/c1-11-8-13(2,3)10-14(9-11,12(16)17)15-4-6-18-7-5-15/h11H,4-10H2,1-3H3,(H,16,17). The van der Waals surface area contributed by atoms with E-state index in [2.05, 4.69) is 25.7 Å². The van der Waals surface area contributed by atoms with Gasteiger partial charge in [0.05, 0.1) is 13.2 Å². The summed E-state index contributed by atoms with van der Waals surface area (Å²) in [4.78, 5) is 14.1. The molecule has 0 bridgehead atoms. The molecule has 2 atom stereocenters. The molecule has 0 radical (unpaired) electrons. The first kappa shape index (κ1) is 13.8. The van der Waals surface area contributed by atoms with Crippen molar-refractivity contribution in [2.75, 3.05) is 26.3 Å². The Hall–Kier alpha value is -0.610. The smallest absolute Gasteiger partial charge is 0.324 e. The molecule has 2 rings (SSSR count). The highest BCUT2D eigenvalue weighted by Crippen LogP contribution is 2.46. The summed E-state index contributed by atoms with van der Waals surface area (Å²) >= 11 is 0. The van der Waals surface area contributed by atoms with Crippen LogP contribution in [0.3, 0.4) is 0 Å². The number of aliphatic carboxylic acids is 1. The second-order valence-corrected chi connectivity index (χ2v) is 6.79. The van der Waals surface area contributed by atoms with Gasteiger partial charge in [-0.25, -0.2) is 0 Å². The van der Waals surface area contributed by atoms with Gasteiger partial charge in [-0.3, -0.25) is 9.69 Å². The molecule has 1 N–H and O–H groups in total. The van der Waals surface area contributed by atoms with Crippen molar-refractivity contribution >= 4 is 5.97 Å². The molecule has 0 spiro atoms. The first-order chi connectivity index (χ1) is 8.36. The molecule has 18 heavy (non-hydrogen) atoms. The molecule has 0 amide bonds. The van der Waals surface area contributed by atoms with Gasteiger partial charge in [0.15, 0.2) is 0 Å². The molecule has 1 heterocycles. The summed E-state index contributed by atoms with van der Waals surface area (Å²) < 4.78 is 5.36. The summed E-state index contributed by atoms with van der Waals surface area (Å²) in [5.41, 5.74) is -0.570. The fourth-order valence-electron chi connectivity index (χ4n) is 4.06. The van der Waals surface area contributed by atoms with Gasteiger partial charge in [0, 0.05) is 13.1 Å². The third-order valence-corrected chi connectivity index (χ3v) is 4.37. The van der Waals surface area contributed by atoms with Crippen LogP contribution in [0.25, 0.3) is 0 Å². The van der Waals surface area contributed by atoms with Crippen LogP contribution in [-0.2, 0) is 9.53 Å². The first-order valence-electron chi connectivity index (χ1n) is 6.92. The summed E-state index contributed by atoms with van der Waals surface area (Å²) in [5.74, 6) is -0.184. The largest absolute Gasteiger partial charge is 0.480 e. The monoisotopic (exact) mass is 255 g/mol. The molecule has 4 heteroatoms. The number of rotatable bonds is 2. The molecular formula is C14H25NO3. The summed E-state index contributed by atoms with van der Waals surface area (Å²) in [6.07, 6.45) is 2.64. The average Bonchev–Trinajstić information content (AvgIpc) is 2.27. The van der Waals surface area contributed by atoms with E-state index in [0.29, 0.717) is 19.1 Å². The molecule has 1 aliphatic heterocycles. The lowest BCUT2D eigenvalue weighted by atomic mass is 9.63. The zero-order valence-corrected chi connectivity index (χ0v) is 11.7. The Morgan fingerprint density at radius 1 is 1.28 bits per heavy atom. The van der Waals surface area contributed by atoms with Crippen LogP contribution in [0.5, 0.6) is 0 Å². The molecule has 0 aromatic rings. The highest BCUT2D eigenvalue weighted by atomic mass is 16.5. The van der Waals surface area contributed by atoms with Crippen LogP contribution < -0.4 is 0 Å². The van der Waals surface area contributed by atoms with Gasteiger partial charge >= 0.3 is 5.97 Å². The minimum absolute atomic E-state index is 0.106. The van der Waals surface area contributed by atoms with Crippen molar-refractivity contribution in [1.29, 1.82) is 0 Å². The number of hydrogen-bond donors (Lipinski definition) is 1. The summed E-state index contributed by atoms with van der Waals surface area (Å²) in [6.45, 7) is 9.37. The van der Waals surface area contributed by atoms with Gasteiger partial charge in [0.25, 0.3) is 0 Å². The molecular weight excluding hydrogens is 230 g/mol. The number of morpholine rings is 1. The first-order valence-corrected chi connectivity index (χ1v) is 6.92. The number of carbonyl (C=O) groups is 1. The van der Waals surface area contributed by atoms with E-state index in [9.17, 15) is 9.90 Å². The van der Waals surface area contributed by atoms with Crippen molar-refractivity contribution < 1.29 is 14.6 Å². The van der Waals surface area contributed by atoms with Gasteiger partial charge in [0.2, 0.25) is 0 Å². The number of hydrogen-bond acceptors (Lipinski definition) is 3. The van der Waals surface area contributed by atoms with Crippen LogP contribution in [0.4, 0.5) is 0 Å². The topological polar surface area (TPSA) is 49.8 Å². The summed E-state index contributed by atoms with van der Waals surface area (Å²) in [5, 5.41) is 9.81. The maximum Gasteiger partial charge on any atom is 0.324 e. The number of nitrogens with zero attached hydrogens (tertiary/aromatic N) is 1. The molecule has 2 aliphatic rings. The van der Waals surface area contributed by atoms with E-state index in [1.807, 2.05) is 0 Å². The predicted molar refractivity (Wildman–Crippen MR) is 69.6 cm³/mol. The SMILES string of the molecule is CC1CC(C)(C)CC(C(=O)O)(N2CCOCC2)C1. The minimum atomic E-state index is -0.676. The summed E-state index contributed by atoms with van der Waals surface area (Å²) in [7, 11) is 0. The maximum absolute atomic E-state index is 11.9. The normalized spacial score (nSPS) is 37.4. The van der Waals surface area contributed by atoms with Gasteiger partial charge in [-0.2, -0.15) is 0 Å². The third kappa shape index (κ3) is 2.54. The highest BCUT2D eigenvalue weighted by Gasteiger charge is 2.51. The highest BCUT2D eigenvalue weighted by molar-refractivity contribution is 5.79. The molecule has 0 aromatic heterocycles. The number of carboxylic acid groups (broad SMARTS) is 1. The van der Waals surface area contributed by atoms with Crippen molar-refractivity contribution in [1.82, 2.24) is 4.90 Å². The van der Waals surface area contributed by atoms with Crippen molar-refractivity contribution in [3.05, 3.63) is 0 Å². The van der Waals surface area contributed by atoms with Gasteiger partial charge in [-0.15, -0.1) is 0 Å². The quantitative estimate of drug-likeness (QED) is 0.820. The average molecular weight is 255 g/mol. The van der Waals surface area contributed by atoms with Crippen LogP contribution in [0.1, 0.15) is 40.0 Å². The van der Waals surface area contributed by atoms with Crippen molar-refractivity contribution in [2.24, 2.45) is 11.3 Å². The molecule has 1 aliphatic carbocycles. The lowest BCUT2D eigenvalue weighted by Crippen LogP contribution is -2.62. The van der Waals surface area contributed by atoms with Crippen molar-refractivity contribution in [3.8, 4) is 0 Å². The lowest BCUT2D eigenvalue weighted by molar-refractivity contribution is -0.164. The Morgan fingerprint density at radius 3 is 2.39 bits per heavy atom. The van der Waals surface area contributed by atoms with Crippen LogP contribution in [0.15, 0.2) is 0 Å². The van der Waals surface area contributed by atoms with Crippen LogP contribution >= 0.6 is 0 Å². The fourth-order valence-corrected chi connectivity index (χ4v) is 4.06.